The summed E-state index contributed by atoms with van der Waals surface area (Å²) in [6.45, 7) is 6.72. The van der Waals surface area contributed by atoms with Gasteiger partial charge in [0.15, 0.2) is 39.5 Å². The summed E-state index contributed by atoms with van der Waals surface area (Å²) in [7, 11) is -10.1. The summed E-state index contributed by atoms with van der Waals surface area (Å²) in [5, 5.41) is 3.95. The van der Waals surface area contributed by atoms with E-state index in [1.807, 2.05) is 0 Å². The summed E-state index contributed by atoms with van der Waals surface area (Å²) in [5.74, 6) is 0. The van der Waals surface area contributed by atoms with Gasteiger partial charge in [-0.25, -0.2) is 16.8 Å². The highest BCUT2D eigenvalue weighted by Gasteiger charge is 2.39. The van der Waals surface area contributed by atoms with E-state index < -0.39 is 31.3 Å². The number of hydrogen-bond donors (Lipinski definition) is 0. The smallest absolute Gasteiger partial charge is 0.485 e. The third-order valence-electron chi connectivity index (χ3n) is 9.99. The monoisotopic (exact) mass is 817 g/mol. The fraction of sp³-hybridized carbons (Fsp3) is 0.231. The summed E-state index contributed by atoms with van der Waals surface area (Å²) in [6, 6.07) is 26.7. The van der Waals surface area contributed by atoms with E-state index in [9.17, 15) is 26.3 Å². The highest BCUT2D eigenvalue weighted by molar-refractivity contribution is 7.86. The van der Waals surface area contributed by atoms with Crippen molar-refractivity contribution in [1.82, 2.24) is 4.57 Å². The Hall–Kier alpha value is -5.10. The number of alkyl halides is 6. The fourth-order valence-electron chi connectivity index (χ4n) is 7.33. The van der Waals surface area contributed by atoms with Gasteiger partial charge in [-0.05, 0) is 65.8 Å². The Kier molecular flexibility index (Phi) is 10.7. The molecular formula is C39H33F6N3O6S2. The number of nitrogens with zero attached hydrogens (tertiary/aromatic N) is 3. The zero-order valence-electron chi connectivity index (χ0n) is 29.9. The van der Waals surface area contributed by atoms with Gasteiger partial charge < -0.3 is 13.7 Å². The van der Waals surface area contributed by atoms with Crippen molar-refractivity contribution in [3.63, 3.8) is 0 Å². The third kappa shape index (κ3) is 7.68. The summed E-state index contributed by atoms with van der Waals surface area (Å²) in [5.41, 5.74) is 4.09. The fourth-order valence-corrected chi connectivity index (χ4v) is 7.33. The van der Waals surface area contributed by atoms with Gasteiger partial charge in [-0.2, -0.15) is 35.5 Å². The van der Waals surface area contributed by atoms with E-state index in [2.05, 4.69) is 132 Å². The second-order valence-corrected chi connectivity index (χ2v) is 16.0. The molecule has 0 fully saturated rings. The molecule has 3 aromatic carbocycles. The topological polar surface area (TPSA) is 127 Å². The maximum absolute atomic E-state index is 10.7. The minimum absolute atomic E-state index is 0.993. The first-order valence-electron chi connectivity index (χ1n) is 17.0. The molecular weight excluding hydrogens is 785 g/mol. The lowest BCUT2D eigenvalue weighted by molar-refractivity contribution is -0.690. The van der Waals surface area contributed by atoms with Crippen molar-refractivity contribution >= 4 is 54.1 Å². The molecule has 0 N–H and O–H groups in total. The van der Waals surface area contributed by atoms with Crippen LogP contribution in [0.4, 0.5) is 26.3 Å². The largest absolute Gasteiger partial charge is 0.741 e. The SMILES string of the molecule is Cc1c(C)c2c(c3c1CC[n+]1ccc4ccccc4c1-3)-c1cccc(/C=C/c3cn(C)c4ccccc34)[n+]1CC2.O=S(=O)([O-])C(F)(F)F.O=S(=O)([O-])C(F)(F)F. The predicted molar refractivity (Wildman–Crippen MR) is 195 cm³/mol. The Morgan fingerprint density at radius 1 is 0.696 bits per heavy atom. The molecule has 5 heterocycles. The highest BCUT2D eigenvalue weighted by Crippen LogP contribution is 2.44. The second-order valence-electron chi connectivity index (χ2n) is 13.2. The molecule has 6 aromatic rings. The number of pyridine rings is 2. The minimum atomic E-state index is -6.09. The summed E-state index contributed by atoms with van der Waals surface area (Å²) in [6.07, 6.45) is 11.3. The molecule has 3 aromatic heterocycles. The van der Waals surface area contributed by atoms with Crippen molar-refractivity contribution < 1.29 is 61.4 Å². The van der Waals surface area contributed by atoms with Gasteiger partial charge in [0.2, 0.25) is 17.1 Å². The van der Waals surface area contributed by atoms with Crippen molar-refractivity contribution in [3.05, 3.63) is 119 Å². The molecule has 0 spiro atoms. The van der Waals surface area contributed by atoms with Crippen LogP contribution in [0.1, 0.15) is 33.5 Å². The number of halogens is 6. The van der Waals surface area contributed by atoms with Gasteiger partial charge in [-0.1, -0.05) is 36.4 Å². The Morgan fingerprint density at radius 2 is 1.25 bits per heavy atom. The lowest BCUT2D eigenvalue weighted by Gasteiger charge is -2.27. The van der Waals surface area contributed by atoms with E-state index in [-0.39, 0.29) is 0 Å². The van der Waals surface area contributed by atoms with Crippen LogP contribution in [-0.4, -0.2) is 41.5 Å². The zero-order valence-corrected chi connectivity index (χ0v) is 31.6. The molecule has 0 aliphatic carbocycles. The van der Waals surface area contributed by atoms with Crippen LogP contribution >= 0.6 is 0 Å². The van der Waals surface area contributed by atoms with Crippen molar-refractivity contribution in [2.75, 3.05) is 0 Å². The van der Waals surface area contributed by atoms with Gasteiger partial charge in [-0.15, -0.1) is 0 Å². The molecule has 8 rings (SSSR count). The molecule has 294 valence electrons. The van der Waals surface area contributed by atoms with Crippen molar-refractivity contribution in [1.29, 1.82) is 0 Å². The molecule has 17 heteroatoms. The lowest BCUT2D eigenvalue weighted by Crippen LogP contribution is -2.45. The summed E-state index contributed by atoms with van der Waals surface area (Å²) in [4.78, 5) is 0. The van der Waals surface area contributed by atoms with Gasteiger partial charge >= 0.3 is 11.0 Å². The van der Waals surface area contributed by atoms with E-state index in [1.54, 1.807) is 0 Å². The molecule has 2 aliphatic rings. The number of rotatable bonds is 2. The number of aryl methyl sites for hydroxylation is 2. The van der Waals surface area contributed by atoms with Crippen LogP contribution in [-0.2, 0) is 53.2 Å². The van der Waals surface area contributed by atoms with Crippen LogP contribution in [0.3, 0.4) is 0 Å². The maximum atomic E-state index is 10.7. The molecule has 0 saturated heterocycles. The molecule has 2 aliphatic heterocycles. The van der Waals surface area contributed by atoms with Gasteiger partial charge in [-0.3, -0.25) is 0 Å². The van der Waals surface area contributed by atoms with Crippen molar-refractivity contribution in [2.24, 2.45) is 7.05 Å². The van der Waals surface area contributed by atoms with Crippen molar-refractivity contribution in [3.8, 4) is 22.5 Å². The summed E-state index contributed by atoms with van der Waals surface area (Å²) < 4.78 is 125. The molecule has 0 radical (unpaired) electrons. The van der Waals surface area contributed by atoms with E-state index in [4.69, 9.17) is 25.9 Å². The molecule has 0 bridgehead atoms. The second kappa shape index (κ2) is 14.8. The standard InChI is InChI=1S/C37H33N3.2CHF3O3S/c1-24-25(2)30-18-21-39-20-17-26-9-4-5-12-32(26)37(39)36(30)35-29(24)19-22-40-28(10-8-14-34(35)40)16-15-27-23-38(3)33-13-7-6-11-31(27)33;2*2-1(3,4)8(5,6)7/h4-17,20,23H,18-19,21-22H2,1-3H3;2*(H,5,6,7)/q+2;;/p-2. The Labute approximate surface area is 318 Å². The van der Waals surface area contributed by atoms with E-state index in [0.29, 0.717) is 0 Å². The van der Waals surface area contributed by atoms with Gasteiger partial charge in [0.1, 0.15) is 0 Å². The number of para-hydroxylation sites is 1. The highest BCUT2D eigenvalue weighted by atomic mass is 32.2. The van der Waals surface area contributed by atoms with E-state index in [1.165, 1.54) is 77.7 Å². The number of benzene rings is 3. The molecule has 56 heavy (non-hydrogen) atoms. The average molecular weight is 818 g/mol. The van der Waals surface area contributed by atoms with Gasteiger partial charge in [0.25, 0.3) is 0 Å². The Morgan fingerprint density at radius 3 is 1.88 bits per heavy atom. The quantitative estimate of drug-likeness (QED) is 0.0785. The van der Waals surface area contributed by atoms with E-state index in [0.717, 1.165) is 25.9 Å². The van der Waals surface area contributed by atoms with Gasteiger partial charge in [0, 0.05) is 66.8 Å². The van der Waals surface area contributed by atoms with Crippen LogP contribution in [0, 0.1) is 13.8 Å². The maximum Gasteiger partial charge on any atom is 0.485 e. The predicted octanol–water partition coefficient (Wildman–Crippen LogP) is 7.24. The van der Waals surface area contributed by atoms with Crippen LogP contribution in [0.2, 0.25) is 0 Å². The normalized spacial score (nSPS) is 13.9. The number of fused-ring (bicyclic) bond motifs is 10. The first-order chi connectivity index (χ1) is 26.1. The lowest BCUT2D eigenvalue weighted by atomic mass is 9.79. The minimum Gasteiger partial charge on any atom is -0.741 e. The molecule has 9 nitrogen and oxygen atoms in total. The van der Waals surface area contributed by atoms with Crippen LogP contribution in [0.25, 0.3) is 56.3 Å². The first-order valence-corrected chi connectivity index (χ1v) is 19.8. The third-order valence-corrected chi connectivity index (χ3v) is 11.1. The van der Waals surface area contributed by atoms with E-state index >= 15 is 0 Å². The first kappa shape index (κ1) is 40.6. The summed E-state index contributed by atoms with van der Waals surface area (Å²) >= 11 is 0. The molecule has 0 amide bonds. The number of aromatic nitrogens is 3. The molecule has 0 unspecified atom stereocenters. The zero-order chi connectivity index (χ0) is 41.0. The Balaban J connectivity index is 0.000000281. The van der Waals surface area contributed by atoms with Crippen molar-refractivity contribution in [2.45, 2.75) is 50.8 Å². The molecule has 0 atom stereocenters. The van der Waals surface area contributed by atoms with Crippen LogP contribution < -0.4 is 9.13 Å². The van der Waals surface area contributed by atoms with Crippen LogP contribution in [0.5, 0.6) is 0 Å². The Bertz CT molecular complexity index is 2740. The number of hydrogen-bond acceptors (Lipinski definition) is 6. The van der Waals surface area contributed by atoms with Crippen LogP contribution in [0.15, 0.2) is 85.2 Å². The average Bonchev–Trinajstić information content (AvgIpc) is 3.45. The molecule has 0 saturated carbocycles. The van der Waals surface area contributed by atoms with Gasteiger partial charge in [0.05, 0.1) is 16.5 Å².